The highest BCUT2D eigenvalue weighted by molar-refractivity contribution is 9.10. The average molecular weight is 300 g/mol. The van der Waals surface area contributed by atoms with Gasteiger partial charge in [-0.15, -0.1) is 0 Å². The van der Waals surface area contributed by atoms with Gasteiger partial charge in [0, 0.05) is 12.4 Å². The SMILES string of the molecule is NC(=S)c1nccn1-c1nc[nH]c(=O)c1Br. The van der Waals surface area contributed by atoms with Crippen molar-refractivity contribution in [3.63, 3.8) is 0 Å². The lowest BCUT2D eigenvalue weighted by Crippen LogP contribution is -2.19. The molecule has 3 N–H and O–H groups in total. The summed E-state index contributed by atoms with van der Waals surface area (Å²) in [6.07, 6.45) is 4.45. The molecule has 0 spiro atoms. The van der Waals surface area contributed by atoms with Gasteiger partial charge in [-0.05, 0) is 15.9 Å². The van der Waals surface area contributed by atoms with E-state index in [1.165, 1.54) is 12.5 Å². The summed E-state index contributed by atoms with van der Waals surface area (Å²) in [5, 5.41) is 0. The molecule has 0 atom stereocenters. The van der Waals surface area contributed by atoms with Gasteiger partial charge in [-0.2, -0.15) is 0 Å². The van der Waals surface area contributed by atoms with Gasteiger partial charge in [0.1, 0.15) is 9.46 Å². The third kappa shape index (κ3) is 1.76. The first-order valence-corrected chi connectivity index (χ1v) is 5.38. The van der Waals surface area contributed by atoms with E-state index in [0.29, 0.717) is 16.1 Å². The van der Waals surface area contributed by atoms with Gasteiger partial charge in [-0.3, -0.25) is 9.36 Å². The maximum atomic E-state index is 11.4. The molecule has 2 aromatic heterocycles. The predicted molar refractivity (Wildman–Crippen MR) is 65.6 cm³/mol. The molecule has 0 bridgehead atoms. The van der Waals surface area contributed by atoms with Crippen molar-refractivity contribution < 1.29 is 0 Å². The molecule has 82 valence electrons. The second-order valence-corrected chi connectivity index (χ2v) is 4.09. The van der Waals surface area contributed by atoms with Crippen LogP contribution < -0.4 is 11.3 Å². The van der Waals surface area contributed by atoms with Crippen molar-refractivity contribution in [3.05, 3.63) is 39.4 Å². The Bertz CT molecular complexity index is 604. The zero-order valence-electron chi connectivity index (χ0n) is 7.85. The minimum Gasteiger partial charge on any atom is -0.387 e. The van der Waals surface area contributed by atoms with Crippen LogP contribution in [-0.2, 0) is 0 Å². The first kappa shape index (κ1) is 11.0. The standard InChI is InChI=1S/C8H6BrN5OS/c9-4-6(12-3-13-8(4)15)14-2-1-11-7(14)5(10)16/h1-3H,(H2,10,16)(H,12,13,15). The van der Waals surface area contributed by atoms with Crippen molar-refractivity contribution in [1.82, 2.24) is 19.5 Å². The number of H-pyrrole nitrogens is 1. The Hall–Kier alpha value is -1.54. The Kier molecular flexibility index (Phi) is 2.84. The van der Waals surface area contributed by atoms with Crippen molar-refractivity contribution in [2.75, 3.05) is 0 Å². The van der Waals surface area contributed by atoms with Crippen LogP contribution in [0, 0.1) is 0 Å². The van der Waals surface area contributed by atoms with Crippen molar-refractivity contribution in [2.45, 2.75) is 0 Å². The lowest BCUT2D eigenvalue weighted by molar-refractivity contribution is 0.935. The first-order valence-electron chi connectivity index (χ1n) is 4.18. The summed E-state index contributed by atoms with van der Waals surface area (Å²) in [6.45, 7) is 0. The zero-order valence-corrected chi connectivity index (χ0v) is 10.2. The number of hydrogen-bond donors (Lipinski definition) is 2. The van der Waals surface area contributed by atoms with E-state index >= 15 is 0 Å². The fourth-order valence-corrected chi connectivity index (χ4v) is 1.76. The number of imidazole rings is 1. The monoisotopic (exact) mass is 299 g/mol. The minimum absolute atomic E-state index is 0.138. The summed E-state index contributed by atoms with van der Waals surface area (Å²) in [4.78, 5) is 22.0. The Labute approximate surface area is 104 Å². The fraction of sp³-hybridized carbons (Fsp3) is 0. The minimum atomic E-state index is -0.285. The van der Waals surface area contributed by atoms with Crippen LogP contribution in [0.1, 0.15) is 5.82 Å². The molecule has 0 saturated carbocycles. The van der Waals surface area contributed by atoms with E-state index in [-0.39, 0.29) is 10.5 Å². The van der Waals surface area contributed by atoms with Crippen molar-refractivity contribution >= 4 is 33.1 Å². The van der Waals surface area contributed by atoms with Crippen LogP contribution in [0.5, 0.6) is 0 Å². The maximum Gasteiger partial charge on any atom is 0.267 e. The molecular weight excluding hydrogens is 294 g/mol. The summed E-state index contributed by atoms with van der Waals surface area (Å²) < 4.78 is 1.84. The Morgan fingerprint density at radius 1 is 1.56 bits per heavy atom. The van der Waals surface area contributed by atoms with Gasteiger partial charge in [0.05, 0.1) is 6.33 Å². The molecule has 0 aliphatic heterocycles. The number of nitrogens with two attached hydrogens (primary N) is 1. The average Bonchev–Trinajstić information content (AvgIpc) is 2.70. The van der Waals surface area contributed by atoms with E-state index < -0.39 is 0 Å². The van der Waals surface area contributed by atoms with Crippen LogP contribution >= 0.6 is 28.1 Å². The lowest BCUT2D eigenvalue weighted by Gasteiger charge is -2.06. The second kappa shape index (κ2) is 4.14. The van der Waals surface area contributed by atoms with Crippen LogP contribution in [0.3, 0.4) is 0 Å². The Balaban J connectivity index is 2.68. The lowest BCUT2D eigenvalue weighted by atomic mass is 10.5. The molecule has 8 heteroatoms. The first-order chi connectivity index (χ1) is 7.61. The fourth-order valence-electron chi connectivity index (χ4n) is 1.20. The molecule has 0 fully saturated rings. The van der Waals surface area contributed by atoms with Gasteiger partial charge in [-0.25, -0.2) is 9.97 Å². The number of nitrogens with zero attached hydrogens (tertiary/aromatic N) is 3. The Morgan fingerprint density at radius 2 is 2.31 bits per heavy atom. The van der Waals surface area contributed by atoms with Gasteiger partial charge >= 0.3 is 0 Å². The Morgan fingerprint density at radius 3 is 3.00 bits per heavy atom. The predicted octanol–water partition coefficient (Wildman–Crippen LogP) is 0.352. The van der Waals surface area contributed by atoms with Crippen LogP contribution in [0.15, 0.2) is 28.0 Å². The van der Waals surface area contributed by atoms with Crippen LogP contribution in [0.25, 0.3) is 5.82 Å². The molecule has 0 unspecified atom stereocenters. The third-order valence-electron chi connectivity index (χ3n) is 1.87. The number of aromatic amines is 1. The van der Waals surface area contributed by atoms with Gasteiger partial charge in [0.2, 0.25) is 0 Å². The van der Waals surface area contributed by atoms with E-state index in [2.05, 4.69) is 30.9 Å². The van der Waals surface area contributed by atoms with E-state index in [1.54, 1.807) is 10.8 Å². The van der Waals surface area contributed by atoms with Crippen molar-refractivity contribution in [1.29, 1.82) is 0 Å². The number of halogens is 1. The normalized spacial score (nSPS) is 10.3. The summed E-state index contributed by atoms with van der Waals surface area (Å²) >= 11 is 7.99. The molecule has 0 amide bonds. The number of rotatable bonds is 2. The molecule has 2 aromatic rings. The summed E-state index contributed by atoms with van der Waals surface area (Å²) in [7, 11) is 0. The van der Waals surface area contributed by atoms with Gasteiger partial charge in [-0.1, -0.05) is 12.2 Å². The van der Waals surface area contributed by atoms with E-state index in [1.807, 2.05) is 0 Å². The highest BCUT2D eigenvalue weighted by Crippen LogP contribution is 2.14. The van der Waals surface area contributed by atoms with Crippen LogP contribution in [0.4, 0.5) is 0 Å². The van der Waals surface area contributed by atoms with Crippen LogP contribution in [0.2, 0.25) is 0 Å². The number of aromatic nitrogens is 4. The number of hydrogen-bond acceptors (Lipinski definition) is 4. The topological polar surface area (TPSA) is 89.6 Å². The molecule has 2 heterocycles. The molecular formula is C8H6BrN5OS. The molecule has 2 rings (SSSR count). The summed E-state index contributed by atoms with van der Waals surface area (Å²) in [5.41, 5.74) is 5.22. The molecule has 16 heavy (non-hydrogen) atoms. The van der Waals surface area contributed by atoms with Crippen molar-refractivity contribution in [3.8, 4) is 5.82 Å². The third-order valence-corrected chi connectivity index (χ3v) is 2.76. The quantitative estimate of drug-likeness (QED) is 0.781. The van der Waals surface area contributed by atoms with E-state index in [9.17, 15) is 4.79 Å². The molecule has 0 aliphatic rings. The van der Waals surface area contributed by atoms with Gasteiger partial charge in [0.15, 0.2) is 11.6 Å². The van der Waals surface area contributed by atoms with Gasteiger partial charge < -0.3 is 10.7 Å². The molecule has 0 aliphatic carbocycles. The summed E-state index contributed by atoms with van der Waals surface area (Å²) in [6, 6.07) is 0. The number of thiocarbonyl (C=S) groups is 1. The highest BCUT2D eigenvalue weighted by atomic mass is 79.9. The van der Waals surface area contributed by atoms with Crippen molar-refractivity contribution in [2.24, 2.45) is 5.73 Å². The molecule has 0 radical (unpaired) electrons. The molecule has 6 nitrogen and oxygen atoms in total. The number of nitrogens with one attached hydrogen (secondary N) is 1. The van der Waals surface area contributed by atoms with E-state index in [4.69, 9.17) is 18.0 Å². The second-order valence-electron chi connectivity index (χ2n) is 2.85. The molecule has 0 saturated heterocycles. The van der Waals surface area contributed by atoms with E-state index in [0.717, 1.165) is 0 Å². The summed E-state index contributed by atoms with van der Waals surface area (Å²) in [5.74, 6) is 0.776. The highest BCUT2D eigenvalue weighted by Gasteiger charge is 2.12. The smallest absolute Gasteiger partial charge is 0.267 e. The largest absolute Gasteiger partial charge is 0.387 e. The zero-order chi connectivity index (χ0) is 11.7. The molecule has 0 aromatic carbocycles. The van der Waals surface area contributed by atoms with Gasteiger partial charge in [0.25, 0.3) is 5.56 Å². The maximum absolute atomic E-state index is 11.4. The van der Waals surface area contributed by atoms with Crippen LogP contribution in [-0.4, -0.2) is 24.5 Å².